The summed E-state index contributed by atoms with van der Waals surface area (Å²) in [7, 11) is 0. The summed E-state index contributed by atoms with van der Waals surface area (Å²) in [6, 6.07) is 8.11. The Labute approximate surface area is 153 Å². The number of para-hydroxylation sites is 2. The van der Waals surface area contributed by atoms with Crippen LogP contribution in [0.1, 0.15) is 25.1 Å². The molecule has 0 unspecified atom stereocenters. The van der Waals surface area contributed by atoms with Gasteiger partial charge in [-0.3, -0.25) is 4.79 Å². The zero-order chi connectivity index (χ0) is 17.3. The summed E-state index contributed by atoms with van der Waals surface area (Å²) in [6.45, 7) is 4.45. The Balaban J connectivity index is 1.49. The van der Waals surface area contributed by atoms with Crippen LogP contribution in [-0.2, 0) is 17.1 Å². The number of piperidine rings is 1. The number of rotatable bonds is 4. The van der Waals surface area contributed by atoms with Crippen molar-refractivity contribution < 1.29 is 4.79 Å². The van der Waals surface area contributed by atoms with Crippen molar-refractivity contribution in [2.75, 3.05) is 32.4 Å². The number of fused-ring (bicyclic) bond motifs is 1. The maximum absolute atomic E-state index is 12.9. The molecule has 4 rings (SSSR count). The van der Waals surface area contributed by atoms with Gasteiger partial charge in [-0.05, 0) is 49.6 Å². The van der Waals surface area contributed by atoms with Gasteiger partial charge in [0.1, 0.15) is 12.4 Å². The average molecular weight is 359 g/mol. The van der Waals surface area contributed by atoms with Gasteiger partial charge in [0.25, 0.3) is 0 Å². The van der Waals surface area contributed by atoms with Crippen molar-refractivity contribution in [2.24, 2.45) is 5.41 Å². The maximum atomic E-state index is 12.9. The molecular weight excluding hydrogens is 332 g/mol. The smallest absolute Gasteiger partial charge is 0.242 e. The molecule has 2 fully saturated rings. The van der Waals surface area contributed by atoms with Crippen LogP contribution in [0.4, 0.5) is 0 Å². The second kappa shape index (κ2) is 7.00. The van der Waals surface area contributed by atoms with Crippen LogP contribution < -0.4 is 5.32 Å². The van der Waals surface area contributed by atoms with Gasteiger partial charge in [-0.1, -0.05) is 12.1 Å². The Bertz CT molecular complexity index is 756. The SMILES string of the molecule is CSCc1nc2ccccc2n1CC(=O)N1CCC2(CCNC2)CC1. The van der Waals surface area contributed by atoms with Gasteiger partial charge >= 0.3 is 0 Å². The van der Waals surface area contributed by atoms with E-state index in [1.54, 1.807) is 11.8 Å². The Hall–Kier alpha value is -1.53. The van der Waals surface area contributed by atoms with Gasteiger partial charge in [0.05, 0.1) is 16.8 Å². The highest BCUT2D eigenvalue weighted by atomic mass is 32.2. The highest BCUT2D eigenvalue weighted by Crippen LogP contribution is 2.37. The summed E-state index contributed by atoms with van der Waals surface area (Å²) in [5, 5.41) is 3.49. The predicted octanol–water partition coefficient (Wildman–Crippen LogP) is 2.50. The average Bonchev–Trinajstić information content (AvgIpc) is 3.22. The van der Waals surface area contributed by atoms with Crippen molar-refractivity contribution in [1.82, 2.24) is 19.8 Å². The number of imidazole rings is 1. The quantitative estimate of drug-likeness (QED) is 0.912. The molecule has 25 heavy (non-hydrogen) atoms. The molecule has 1 N–H and O–H groups in total. The largest absolute Gasteiger partial charge is 0.341 e. The van der Waals surface area contributed by atoms with Gasteiger partial charge in [-0.15, -0.1) is 0 Å². The second-order valence-electron chi connectivity index (χ2n) is 7.34. The molecule has 1 aromatic carbocycles. The lowest BCUT2D eigenvalue weighted by Crippen LogP contribution is -2.45. The molecule has 1 amide bonds. The van der Waals surface area contributed by atoms with E-state index >= 15 is 0 Å². The lowest BCUT2D eigenvalue weighted by atomic mass is 9.78. The van der Waals surface area contributed by atoms with Crippen LogP contribution in [0.2, 0.25) is 0 Å². The Morgan fingerprint density at radius 1 is 1.28 bits per heavy atom. The molecule has 1 aromatic heterocycles. The summed E-state index contributed by atoms with van der Waals surface area (Å²) in [5.74, 6) is 2.05. The first kappa shape index (κ1) is 16.9. The van der Waals surface area contributed by atoms with Gasteiger partial charge in [0.2, 0.25) is 5.91 Å². The highest BCUT2D eigenvalue weighted by Gasteiger charge is 2.38. The van der Waals surface area contributed by atoms with Crippen molar-refractivity contribution in [3.63, 3.8) is 0 Å². The van der Waals surface area contributed by atoms with E-state index in [9.17, 15) is 4.79 Å². The molecule has 6 heteroatoms. The van der Waals surface area contributed by atoms with E-state index in [-0.39, 0.29) is 5.91 Å². The van der Waals surface area contributed by atoms with E-state index in [2.05, 4.69) is 27.1 Å². The van der Waals surface area contributed by atoms with Crippen LogP contribution in [0.3, 0.4) is 0 Å². The lowest BCUT2D eigenvalue weighted by Gasteiger charge is -2.39. The van der Waals surface area contributed by atoms with Crippen LogP contribution in [0, 0.1) is 5.41 Å². The van der Waals surface area contributed by atoms with Crippen molar-refractivity contribution in [2.45, 2.75) is 31.6 Å². The fraction of sp³-hybridized carbons (Fsp3) is 0.579. The minimum absolute atomic E-state index is 0.228. The number of hydrogen-bond donors (Lipinski definition) is 1. The molecule has 0 aliphatic carbocycles. The first-order chi connectivity index (χ1) is 12.2. The predicted molar refractivity (Wildman–Crippen MR) is 103 cm³/mol. The fourth-order valence-corrected chi connectivity index (χ4v) is 4.71. The highest BCUT2D eigenvalue weighted by molar-refractivity contribution is 7.97. The van der Waals surface area contributed by atoms with E-state index in [4.69, 9.17) is 4.98 Å². The van der Waals surface area contributed by atoms with E-state index in [0.717, 1.165) is 61.6 Å². The third-order valence-electron chi connectivity index (χ3n) is 5.81. The number of thioether (sulfide) groups is 1. The zero-order valence-corrected chi connectivity index (χ0v) is 15.6. The molecule has 2 aromatic rings. The number of carbonyl (C=O) groups excluding carboxylic acids is 1. The Morgan fingerprint density at radius 3 is 2.80 bits per heavy atom. The standard InChI is InChI=1S/C19H26N4OS/c1-25-13-17-21-15-4-2-3-5-16(15)23(17)12-18(24)22-10-7-19(8-11-22)6-9-20-14-19/h2-5,20H,6-14H2,1H3. The number of benzene rings is 1. The van der Waals surface area contributed by atoms with Crippen LogP contribution in [0.25, 0.3) is 11.0 Å². The second-order valence-corrected chi connectivity index (χ2v) is 8.21. The first-order valence-electron chi connectivity index (χ1n) is 9.12. The van der Waals surface area contributed by atoms with Gasteiger partial charge in [0.15, 0.2) is 0 Å². The number of likely N-dealkylation sites (tertiary alicyclic amines) is 1. The van der Waals surface area contributed by atoms with Crippen LogP contribution in [-0.4, -0.2) is 52.8 Å². The summed E-state index contributed by atoms with van der Waals surface area (Å²) >= 11 is 1.74. The van der Waals surface area contributed by atoms with Gasteiger partial charge < -0.3 is 14.8 Å². The Kier molecular flexibility index (Phi) is 4.73. The molecule has 5 nitrogen and oxygen atoms in total. The molecule has 0 radical (unpaired) electrons. The topological polar surface area (TPSA) is 50.2 Å². The van der Waals surface area contributed by atoms with Crippen molar-refractivity contribution >= 4 is 28.7 Å². The van der Waals surface area contributed by atoms with E-state index in [1.807, 2.05) is 18.2 Å². The number of nitrogens with one attached hydrogen (secondary N) is 1. The Morgan fingerprint density at radius 2 is 2.08 bits per heavy atom. The van der Waals surface area contributed by atoms with Crippen molar-refractivity contribution in [1.29, 1.82) is 0 Å². The molecule has 134 valence electrons. The summed E-state index contributed by atoms with van der Waals surface area (Å²) in [6.07, 6.45) is 5.60. The molecule has 2 aliphatic rings. The molecule has 0 bridgehead atoms. The lowest BCUT2D eigenvalue weighted by molar-refractivity contribution is -0.134. The van der Waals surface area contributed by atoms with E-state index < -0.39 is 0 Å². The van der Waals surface area contributed by atoms with E-state index in [1.165, 1.54) is 6.42 Å². The number of aromatic nitrogens is 2. The zero-order valence-electron chi connectivity index (χ0n) is 14.8. The molecule has 2 saturated heterocycles. The number of amides is 1. The molecule has 2 aliphatic heterocycles. The molecule has 0 saturated carbocycles. The minimum Gasteiger partial charge on any atom is -0.341 e. The van der Waals surface area contributed by atoms with Crippen LogP contribution in [0.15, 0.2) is 24.3 Å². The van der Waals surface area contributed by atoms with Crippen LogP contribution >= 0.6 is 11.8 Å². The molecule has 3 heterocycles. The van der Waals surface area contributed by atoms with Crippen molar-refractivity contribution in [3.8, 4) is 0 Å². The molecular formula is C19H26N4OS. The summed E-state index contributed by atoms with van der Waals surface area (Å²) in [5.41, 5.74) is 2.49. The minimum atomic E-state index is 0.228. The summed E-state index contributed by atoms with van der Waals surface area (Å²) < 4.78 is 2.11. The fourth-order valence-electron chi connectivity index (χ4n) is 4.23. The number of hydrogen-bond acceptors (Lipinski definition) is 4. The normalized spacial score (nSPS) is 19.8. The molecule has 0 atom stereocenters. The van der Waals surface area contributed by atoms with Gasteiger partial charge in [-0.25, -0.2) is 4.98 Å². The first-order valence-corrected chi connectivity index (χ1v) is 10.5. The van der Waals surface area contributed by atoms with Crippen LogP contribution in [0.5, 0.6) is 0 Å². The van der Waals surface area contributed by atoms with E-state index in [0.29, 0.717) is 12.0 Å². The number of nitrogens with zero attached hydrogens (tertiary/aromatic N) is 3. The monoisotopic (exact) mass is 358 g/mol. The van der Waals surface area contributed by atoms with Gasteiger partial charge in [-0.2, -0.15) is 11.8 Å². The third-order valence-corrected chi connectivity index (χ3v) is 6.36. The van der Waals surface area contributed by atoms with Gasteiger partial charge in [0, 0.05) is 19.6 Å². The summed E-state index contributed by atoms with van der Waals surface area (Å²) in [4.78, 5) is 19.7. The maximum Gasteiger partial charge on any atom is 0.242 e. The third kappa shape index (κ3) is 3.29. The van der Waals surface area contributed by atoms with Crippen molar-refractivity contribution in [3.05, 3.63) is 30.1 Å². The molecule has 1 spiro atoms. The number of carbonyl (C=O) groups is 1.